The fourth-order valence-corrected chi connectivity index (χ4v) is 1.87. The number of carbonyl (C=O) groups is 1. The van der Waals surface area contributed by atoms with Gasteiger partial charge in [0.25, 0.3) is 0 Å². The molecule has 0 spiro atoms. The van der Waals surface area contributed by atoms with Gasteiger partial charge in [0.1, 0.15) is 0 Å². The molecule has 0 aliphatic rings. The number of carbonyl (C=O) groups excluding carboxylic acids is 1. The Kier molecular flexibility index (Phi) is 10.5. The van der Waals surface area contributed by atoms with E-state index in [1.807, 2.05) is 6.92 Å². The number of alkyl carbamates (subject to hydrolysis) is 1. The van der Waals surface area contributed by atoms with Crippen molar-refractivity contribution in [2.75, 3.05) is 19.7 Å². The van der Waals surface area contributed by atoms with Gasteiger partial charge in [0.15, 0.2) is 0 Å². The summed E-state index contributed by atoms with van der Waals surface area (Å²) in [6.07, 6.45) is 0.687. The van der Waals surface area contributed by atoms with E-state index < -0.39 is 12.2 Å². The lowest BCUT2D eigenvalue weighted by atomic mass is 9.97. The quantitative estimate of drug-likeness (QED) is 0.576. The van der Waals surface area contributed by atoms with Crippen LogP contribution in [0.25, 0.3) is 0 Å². The van der Waals surface area contributed by atoms with Crippen LogP contribution in [0.4, 0.5) is 4.79 Å². The van der Waals surface area contributed by atoms with Crippen molar-refractivity contribution in [2.24, 2.45) is 11.8 Å². The standard InChI is InChI=1S/C15H32N2O3/c1-6-14(18)9-17-15(19)20-10-13(7-11(2)3)8-16-12(4)5/h11-14,16,18H,6-10H2,1-5H3,(H,17,19). The van der Waals surface area contributed by atoms with Gasteiger partial charge >= 0.3 is 6.09 Å². The minimum absolute atomic E-state index is 0.244. The van der Waals surface area contributed by atoms with Gasteiger partial charge in [-0.25, -0.2) is 4.79 Å². The van der Waals surface area contributed by atoms with Crippen LogP contribution in [0.1, 0.15) is 47.5 Å². The SMILES string of the molecule is CCC(O)CNC(=O)OCC(CNC(C)C)CC(C)C. The molecule has 0 heterocycles. The Morgan fingerprint density at radius 2 is 1.85 bits per heavy atom. The van der Waals surface area contributed by atoms with Crippen LogP contribution >= 0.6 is 0 Å². The number of ether oxygens (including phenoxy) is 1. The van der Waals surface area contributed by atoms with Crippen LogP contribution in [0.15, 0.2) is 0 Å². The molecular formula is C15H32N2O3. The number of amides is 1. The Morgan fingerprint density at radius 1 is 1.20 bits per heavy atom. The molecule has 0 bridgehead atoms. The van der Waals surface area contributed by atoms with Gasteiger partial charge < -0.3 is 20.5 Å². The minimum Gasteiger partial charge on any atom is -0.449 e. The van der Waals surface area contributed by atoms with Crippen LogP contribution in [-0.2, 0) is 4.74 Å². The molecule has 0 rings (SSSR count). The molecule has 20 heavy (non-hydrogen) atoms. The van der Waals surface area contributed by atoms with Gasteiger partial charge in [0.2, 0.25) is 0 Å². The number of nitrogens with one attached hydrogen (secondary N) is 2. The van der Waals surface area contributed by atoms with Crippen LogP contribution in [-0.4, -0.2) is 43.0 Å². The van der Waals surface area contributed by atoms with E-state index in [0.717, 1.165) is 13.0 Å². The molecular weight excluding hydrogens is 256 g/mol. The highest BCUT2D eigenvalue weighted by Crippen LogP contribution is 2.11. The van der Waals surface area contributed by atoms with Crippen molar-refractivity contribution in [3.63, 3.8) is 0 Å². The lowest BCUT2D eigenvalue weighted by Gasteiger charge is -2.21. The monoisotopic (exact) mass is 288 g/mol. The zero-order valence-corrected chi connectivity index (χ0v) is 13.6. The van der Waals surface area contributed by atoms with Crippen molar-refractivity contribution < 1.29 is 14.6 Å². The van der Waals surface area contributed by atoms with E-state index in [4.69, 9.17) is 4.74 Å². The van der Waals surface area contributed by atoms with Gasteiger partial charge in [-0.2, -0.15) is 0 Å². The first-order valence-corrected chi connectivity index (χ1v) is 7.67. The second-order valence-corrected chi connectivity index (χ2v) is 6.10. The van der Waals surface area contributed by atoms with E-state index >= 15 is 0 Å². The molecule has 3 N–H and O–H groups in total. The van der Waals surface area contributed by atoms with E-state index in [9.17, 15) is 9.90 Å². The summed E-state index contributed by atoms with van der Waals surface area (Å²) in [5, 5.41) is 15.3. The molecule has 0 aromatic heterocycles. The summed E-state index contributed by atoms with van der Waals surface area (Å²) in [5.74, 6) is 0.891. The molecule has 0 radical (unpaired) electrons. The third kappa shape index (κ3) is 11.1. The summed E-state index contributed by atoms with van der Waals surface area (Å²) in [4.78, 5) is 11.5. The van der Waals surface area contributed by atoms with E-state index in [-0.39, 0.29) is 6.54 Å². The number of hydrogen-bond acceptors (Lipinski definition) is 4. The number of aliphatic hydroxyl groups is 1. The zero-order chi connectivity index (χ0) is 15.5. The van der Waals surface area contributed by atoms with Gasteiger partial charge in [0, 0.05) is 25.0 Å². The zero-order valence-electron chi connectivity index (χ0n) is 13.6. The molecule has 0 saturated carbocycles. The Bertz CT molecular complexity index is 258. The number of aliphatic hydroxyl groups excluding tert-OH is 1. The van der Waals surface area contributed by atoms with Crippen molar-refractivity contribution in [1.82, 2.24) is 10.6 Å². The van der Waals surface area contributed by atoms with Crippen molar-refractivity contribution in [2.45, 2.75) is 59.6 Å². The molecule has 5 heteroatoms. The second-order valence-electron chi connectivity index (χ2n) is 6.10. The molecule has 0 saturated heterocycles. The molecule has 1 amide bonds. The number of rotatable bonds is 10. The molecule has 0 aromatic carbocycles. The normalized spacial score (nSPS) is 14.4. The number of hydrogen-bond donors (Lipinski definition) is 3. The van der Waals surface area contributed by atoms with E-state index in [1.165, 1.54) is 0 Å². The summed E-state index contributed by atoms with van der Waals surface area (Å²) < 4.78 is 5.23. The van der Waals surface area contributed by atoms with Crippen molar-refractivity contribution >= 4 is 6.09 Å². The van der Waals surface area contributed by atoms with Crippen LogP contribution in [0.5, 0.6) is 0 Å². The molecule has 0 aliphatic heterocycles. The summed E-state index contributed by atoms with van der Waals surface area (Å²) in [5.41, 5.74) is 0. The summed E-state index contributed by atoms with van der Waals surface area (Å²) in [7, 11) is 0. The first-order chi connectivity index (χ1) is 9.35. The third-order valence-electron chi connectivity index (χ3n) is 3.02. The maximum absolute atomic E-state index is 11.5. The Morgan fingerprint density at radius 3 is 2.35 bits per heavy atom. The Hall–Kier alpha value is -0.810. The molecule has 2 atom stereocenters. The summed E-state index contributed by atoms with van der Waals surface area (Å²) in [6, 6.07) is 0.429. The fourth-order valence-electron chi connectivity index (χ4n) is 1.87. The lowest BCUT2D eigenvalue weighted by molar-refractivity contribution is 0.110. The van der Waals surface area contributed by atoms with Gasteiger partial charge in [-0.05, 0) is 18.8 Å². The smallest absolute Gasteiger partial charge is 0.407 e. The van der Waals surface area contributed by atoms with Crippen LogP contribution < -0.4 is 10.6 Å². The van der Waals surface area contributed by atoms with E-state index in [2.05, 4.69) is 38.3 Å². The van der Waals surface area contributed by atoms with Crippen LogP contribution in [0.3, 0.4) is 0 Å². The third-order valence-corrected chi connectivity index (χ3v) is 3.02. The van der Waals surface area contributed by atoms with Crippen molar-refractivity contribution in [1.29, 1.82) is 0 Å². The topological polar surface area (TPSA) is 70.6 Å². The fraction of sp³-hybridized carbons (Fsp3) is 0.933. The van der Waals surface area contributed by atoms with Gasteiger partial charge in [-0.15, -0.1) is 0 Å². The Balaban J connectivity index is 4.00. The second kappa shape index (κ2) is 10.9. The first-order valence-electron chi connectivity index (χ1n) is 7.67. The highest BCUT2D eigenvalue weighted by atomic mass is 16.5. The first kappa shape index (κ1) is 19.2. The molecule has 0 fully saturated rings. The highest BCUT2D eigenvalue weighted by Gasteiger charge is 2.14. The van der Waals surface area contributed by atoms with Crippen LogP contribution in [0, 0.1) is 11.8 Å². The summed E-state index contributed by atoms with van der Waals surface area (Å²) >= 11 is 0. The van der Waals surface area contributed by atoms with Crippen molar-refractivity contribution in [3.05, 3.63) is 0 Å². The highest BCUT2D eigenvalue weighted by molar-refractivity contribution is 5.67. The maximum Gasteiger partial charge on any atom is 0.407 e. The minimum atomic E-state index is -0.503. The van der Waals surface area contributed by atoms with E-state index in [0.29, 0.717) is 30.9 Å². The molecule has 2 unspecified atom stereocenters. The van der Waals surface area contributed by atoms with Crippen molar-refractivity contribution in [3.8, 4) is 0 Å². The average molecular weight is 288 g/mol. The predicted octanol–water partition coefficient (Wildman–Crippen LogP) is 2.14. The Labute approximate surface area is 123 Å². The molecule has 120 valence electrons. The largest absolute Gasteiger partial charge is 0.449 e. The van der Waals surface area contributed by atoms with Gasteiger partial charge in [-0.3, -0.25) is 0 Å². The summed E-state index contributed by atoms with van der Waals surface area (Å²) in [6.45, 7) is 11.9. The van der Waals surface area contributed by atoms with Gasteiger partial charge in [0.05, 0.1) is 12.7 Å². The maximum atomic E-state index is 11.5. The van der Waals surface area contributed by atoms with Gasteiger partial charge in [-0.1, -0.05) is 34.6 Å². The molecule has 0 aliphatic carbocycles. The predicted molar refractivity (Wildman–Crippen MR) is 81.7 cm³/mol. The average Bonchev–Trinajstić information content (AvgIpc) is 2.38. The van der Waals surface area contributed by atoms with Crippen LogP contribution in [0.2, 0.25) is 0 Å². The molecule has 5 nitrogen and oxygen atoms in total. The lowest BCUT2D eigenvalue weighted by Crippen LogP contribution is -2.36. The van der Waals surface area contributed by atoms with E-state index in [1.54, 1.807) is 0 Å². The molecule has 0 aromatic rings.